The van der Waals surface area contributed by atoms with Crippen LogP contribution < -0.4 is 10.7 Å². The molecule has 8 nitrogen and oxygen atoms in total. The van der Waals surface area contributed by atoms with Crippen molar-refractivity contribution in [3.8, 4) is 0 Å². The minimum absolute atomic E-state index is 0.0829. The Morgan fingerprint density at radius 2 is 2.24 bits per heavy atom. The number of pyridine rings is 1. The molecule has 0 saturated carbocycles. The van der Waals surface area contributed by atoms with E-state index in [4.69, 9.17) is 4.74 Å². The van der Waals surface area contributed by atoms with Gasteiger partial charge in [0, 0.05) is 18.8 Å². The Bertz CT molecular complexity index is 561. The molecule has 2 heterocycles. The first-order chi connectivity index (χ1) is 10.1. The molecule has 0 amide bonds. The van der Waals surface area contributed by atoms with Gasteiger partial charge in [0.2, 0.25) is 0 Å². The van der Waals surface area contributed by atoms with E-state index in [-0.39, 0.29) is 18.7 Å². The van der Waals surface area contributed by atoms with Crippen LogP contribution in [-0.2, 0) is 19.1 Å². The number of hydrogen-bond acceptors (Lipinski definition) is 8. The number of aromatic nitrogens is 1. The molecule has 1 aromatic rings. The van der Waals surface area contributed by atoms with Gasteiger partial charge in [-0.3, -0.25) is 10.4 Å². The average molecular weight is 292 g/mol. The monoisotopic (exact) mass is 292 g/mol. The van der Waals surface area contributed by atoms with Crippen LogP contribution in [0.1, 0.15) is 6.42 Å². The van der Waals surface area contributed by atoms with Crippen LogP contribution in [0.25, 0.3) is 0 Å². The molecular formula is C13H16N4O4. The van der Waals surface area contributed by atoms with E-state index < -0.39 is 17.5 Å². The Hall–Kier alpha value is -2.64. The molecular weight excluding hydrogens is 276 g/mol. The second kappa shape index (κ2) is 6.21. The Morgan fingerprint density at radius 1 is 1.43 bits per heavy atom. The first-order valence-corrected chi connectivity index (χ1v) is 6.25. The van der Waals surface area contributed by atoms with Crippen molar-refractivity contribution in [2.75, 3.05) is 26.1 Å². The molecule has 8 heteroatoms. The maximum atomic E-state index is 12.0. The summed E-state index contributed by atoms with van der Waals surface area (Å²) in [6, 6.07) is 3.58. The van der Waals surface area contributed by atoms with E-state index in [1.807, 2.05) is 6.07 Å². The molecule has 112 valence electrons. The molecule has 1 unspecified atom stereocenters. The van der Waals surface area contributed by atoms with Gasteiger partial charge in [0.1, 0.15) is 5.71 Å². The first kappa shape index (κ1) is 14.8. The number of nitrogens with one attached hydrogen (secondary N) is 2. The van der Waals surface area contributed by atoms with Crippen LogP contribution in [-0.4, -0.2) is 48.9 Å². The van der Waals surface area contributed by atoms with Gasteiger partial charge in [0.05, 0.1) is 26.5 Å². The fraction of sp³-hybridized carbons (Fsp3) is 0.385. The predicted octanol–water partition coefficient (Wildman–Crippen LogP) is -0.0724. The fourth-order valence-corrected chi connectivity index (χ4v) is 1.98. The van der Waals surface area contributed by atoms with Crippen LogP contribution in [0.5, 0.6) is 0 Å². The topological polar surface area (TPSA) is 102 Å². The van der Waals surface area contributed by atoms with Crippen LogP contribution in [0, 0.1) is 0 Å². The highest BCUT2D eigenvalue weighted by molar-refractivity contribution is 6.37. The van der Waals surface area contributed by atoms with E-state index in [9.17, 15) is 9.59 Å². The molecule has 0 aliphatic carbocycles. The molecule has 2 N–H and O–H groups in total. The molecule has 1 atom stereocenters. The number of hydrogen-bond donors (Lipinski definition) is 2. The summed E-state index contributed by atoms with van der Waals surface area (Å²) in [6.07, 6.45) is 3.36. The van der Waals surface area contributed by atoms with Gasteiger partial charge in [-0.15, -0.1) is 0 Å². The van der Waals surface area contributed by atoms with Crippen molar-refractivity contribution in [1.82, 2.24) is 10.4 Å². The van der Waals surface area contributed by atoms with E-state index in [0.717, 1.165) is 5.69 Å². The summed E-state index contributed by atoms with van der Waals surface area (Å²) in [7, 11) is 2.54. The Balaban J connectivity index is 2.10. The van der Waals surface area contributed by atoms with E-state index >= 15 is 0 Å². The SMILES string of the molecule is COC(=O)C1=NNC(CNc2cccnc2)(C(=O)OC)C1. The predicted molar refractivity (Wildman–Crippen MR) is 74.7 cm³/mol. The fourth-order valence-electron chi connectivity index (χ4n) is 1.98. The molecule has 0 fully saturated rings. The first-order valence-electron chi connectivity index (χ1n) is 6.25. The third-order valence-electron chi connectivity index (χ3n) is 3.13. The smallest absolute Gasteiger partial charge is 0.354 e. The maximum absolute atomic E-state index is 12.0. The van der Waals surface area contributed by atoms with Crippen molar-refractivity contribution in [3.05, 3.63) is 24.5 Å². The van der Waals surface area contributed by atoms with Crippen LogP contribution >= 0.6 is 0 Å². The Labute approximate surface area is 121 Å². The second-order valence-electron chi connectivity index (χ2n) is 4.51. The van der Waals surface area contributed by atoms with Crippen molar-refractivity contribution in [2.45, 2.75) is 12.0 Å². The average Bonchev–Trinajstić information content (AvgIpc) is 2.98. The molecule has 1 aliphatic heterocycles. The lowest BCUT2D eigenvalue weighted by molar-refractivity contribution is -0.147. The van der Waals surface area contributed by atoms with Gasteiger partial charge in [0.25, 0.3) is 0 Å². The molecule has 1 aromatic heterocycles. The van der Waals surface area contributed by atoms with Gasteiger partial charge < -0.3 is 14.8 Å². The van der Waals surface area contributed by atoms with E-state index in [1.165, 1.54) is 14.2 Å². The number of hydrazone groups is 1. The van der Waals surface area contributed by atoms with Crippen molar-refractivity contribution in [1.29, 1.82) is 0 Å². The highest BCUT2D eigenvalue weighted by atomic mass is 16.5. The number of methoxy groups -OCH3 is 2. The summed E-state index contributed by atoms with van der Waals surface area (Å²) in [5.74, 6) is -1.09. The Morgan fingerprint density at radius 3 is 2.86 bits per heavy atom. The van der Waals surface area contributed by atoms with Crippen molar-refractivity contribution >= 4 is 23.3 Å². The number of carbonyl (C=O) groups excluding carboxylic acids is 2. The second-order valence-corrected chi connectivity index (χ2v) is 4.51. The van der Waals surface area contributed by atoms with Crippen LogP contribution in [0.2, 0.25) is 0 Å². The molecule has 0 saturated heterocycles. The van der Waals surface area contributed by atoms with E-state index in [2.05, 4.69) is 25.6 Å². The highest BCUT2D eigenvalue weighted by Gasteiger charge is 2.46. The molecule has 0 aromatic carbocycles. The lowest BCUT2D eigenvalue weighted by Crippen LogP contribution is -2.53. The summed E-state index contributed by atoms with van der Waals surface area (Å²) in [4.78, 5) is 27.5. The van der Waals surface area contributed by atoms with Crippen LogP contribution in [0.15, 0.2) is 29.6 Å². The quantitative estimate of drug-likeness (QED) is 0.732. The normalized spacial score (nSPS) is 20.2. The van der Waals surface area contributed by atoms with Crippen LogP contribution in [0.4, 0.5) is 5.69 Å². The summed E-state index contributed by atoms with van der Waals surface area (Å²) in [5.41, 5.74) is 2.43. The molecule has 0 bridgehead atoms. The highest BCUT2D eigenvalue weighted by Crippen LogP contribution is 2.21. The lowest BCUT2D eigenvalue weighted by Gasteiger charge is -2.26. The number of esters is 2. The van der Waals surface area contributed by atoms with Gasteiger partial charge >= 0.3 is 11.9 Å². The summed E-state index contributed by atoms with van der Waals surface area (Å²) >= 11 is 0. The molecule has 0 radical (unpaired) electrons. The van der Waals surface area contributed by atoms with Gasteiger partial charge in [-0.05, 0) is 12.1 Å². The third-order valence-corrected chi connectivity index (χ3v) is 3.13. The zero-order valence-corrected chi connectivity index (χ0v) is 11.8. The van der Waals surface area contributed by atoms with Crippen LogP contribution in [0.3, 0.4) is 0 Å². The zero-order chi connectivity index (χ0) is 15.3. The molecule has 0 spiro atoms. The third kappa shape index (κ3) is 3.10. The zero-order valence-electron chi connectivity index (χ0n) is 11.8. The molecule has 2 rings (SSSR count). The van der Waals surface area contributed by atoms with Gasteiger partial charge in [0.15, 0.2) is 5.54 Å². The summed E-state index contributed by atoms with van der Waals surface area (Å²) < 4.78 is 9.42. The minimum Gasteiger partial charge on any atom is -0.467 e. The standard InChI is InChI=1S/C13H16N4O4/c1-20-11(18)10-6-13(17-16-10,12(19)21-2)8-15-9-4-3-5-14-7-9/h3-5,7,15,17H,6,8H2,1-2H3. The summed E-state index contributed by atoms with van der Waals surface area (Å²) in [6.45, 7) is 0.190. The lowest BCUT2D eigenvalue weighted by atomic mass is 9.94. The number of ether oxygens (including phenoxy) is 2. The van der Waals surface area contributed by atoms with E-state index in [0.29, 0.717) is 0 Å². The number of rotatable bonds is 5. The number of nitrogens with zero attached hydrogens (tertiary/aromatic N) is 2. The minimum atomic E-state index is -1.14. The maximum Gasteiger partial charge on any atom is 0.354 e. The van der Waals surface area contributed by atoms with E-state index in [1.54, 1.807) is 18.5 Å². The Kier molecular flexibility index (Phi) is 4.36. The van der Waals surface area contributed by atoms with Gasteiger partial charge in [-0.2, -0.15) is 5.10 Å². The number of carbonyl (C=O) groups is 2. The van der Waals surface area contributed by atoms with Crippen molar-refractivity contribution in [2.24, 2.45) is 5.10 Å². The molecule has 1 aliphatic rings. The van der Waals surface area contributed by atoms with Crippen molar-refractivity contribution < 1.29 is 19.1 Å². The number of anilines is 1. The largest absolute Gasteiger partial charge is 0.467 e. The van der Waals surface area contributed by atoms with Crippen molar-refractivity contribution in [3.63, 3.8) is 0 Å². The van der Waals surface area contributed by atoms with Gasteiger partial charge in [-0.1, -0.05) is 0 Å². The van der Waals surface area contributed by atoms with Gasteiger partial charge in [-0.25, -0.2) is 9.59 Å². The summed E-state index contributed by atoms with van der Waals surface area (Å²) in [5, 5.41) is 6.95. The molecule has 21 heavy (non-hydrogen) atoms.